The summed E-state index contributed by atoms with van der Waals surface area (Å²) in [6.45, 7) is 5.77. The molecule has 3 rings (SSSR count). The summed E-state index contributed by atoms with van der Waals surface area (Å²) in [5, 5.41) is 2.66. The summed E-state index contributed by atoms with van der Waals surface area (Å²) in [7, 11) is -3.41. The summed E-state index contributed by atoms with van der Waals surface area (Å²) >= 11 is 1.52. The minimum Gasteiger partial charge on any atom is -0.492 e. The van der Waals surface area contributed by atoms with Gasteiger partial charge in [0, 0.05) is 18.0 Å². The Morgan fingerprint density at radius 2 is 1.73 bits per heavy atom. The number of amides is 1. The van der Waals surface area contributed by atoms with Crippen LogP contribution in [-0.2, 0) is 14.8 Å². The van der Waals surface area contributed by atoms with Gasteiger partial charge >= 0.3 is 0 Å². The monoisotopic (exact) mass is 448 g/mol. The number of hydrogen-bond donors (Lipinski definition) is 1. The van der Waals surface area contributed by atoms with Crippen molar-refractivity contribution in [3.63, 3.8) is 0 Å². The maximum absolute atomic E-state index is 12.5. The van der Waals surface area contributed by atoms with E-state index in [1.807, 2.05) is 38.1 Å². The van der Waals surface area contributed by atoms with Gasteiger partial charge in [-0.1, -0.05) is 17.7 Å². The number of nitrogens with one attached hydrogen (secondary N) is 1. The number of thioether (sulfide) groups is 1. The van der Waals surface area contributed by atoms with Crippen LogP contribution in [0.5, 0.6) is 5.75 Å². The van der Waals surface area contributed by atoms with Gasteiger partial charge in [0.25, 0.3) is 0 Å². The molecule has 0 spiro atoms. The summed E-state index contributed by atoms with van der Waals surface area (Å²) in [4.78, 5) is 13.6. The van der Waals surface area contributed by atoms with Gasteiger partial charge in [-0.2, -0.15) is 4.31 Å². The van der Waals surface area contributed by atoms with Gasteiger partial charge in [-0.05, 0) is 63.1 Å². The molecular formula is C22H28N2O4S2. The van der Waals surface area contributed by atoms with Gasteiger partial charge in [0.15, 0.2) is 0 Å². The third kappa shape index (κ3) is 6.00. The van der Waals surface area contributed by atoms with Crippen molar-refractivity contribution in [1.82, 2.24) is 9.62 Å². The fourth-order valence-corrected chi connectivity index (χ4v) is 5.56. The lowest BCUT2D eigenvalue weighted by Gasteiger charge is -2.16. The predicted molar refractivity (Wildman–Crippen MR) is 119 cm³/mol. The smallest absolute Gasteiger partial charge is 0.243 e. The second-order valence-electron chi connectivity index (χ2n) is 7.30. The van der Waals surface area contributed by atoms with Crippen LogP contribution in [0.25, 0.3) is 0 Å². The van der Waals surface area contributed by atoms with Crippen molar-refractivity contribution in [2.24, 2.45) is 0 Å². The first-order valence-corrected chi connectivity index (χ1v) is 12.4. The van der Waals surface area contributed by atoms with Gasteiger partial charge < -0.3 is 10.1 Å². The standard InChI is InChI=1S/C22H28N2O4S2/c1-17-5-9-20(10-6-17)29-18(2)22(25)23-13-16-28-19-7-11-21(12-8-19)30(26,27)24-14-3-4-15-24/h5-12,18H,3-4,13-16H2,1-2H3,(H,23,25). The molecule has 1 N–H and O–H groups in total. The van der Waals surface area contributed by atoms with E-state index >= 15 is 0 Å². The molecule has 0 bridgehead atoms. The Bertz CT molecular complexity index is 938. The highest BCUT2D eigenvalue weighted by Gasteiger charge is 2.26. The van der Waals surface area contributed by atoms with Gasteiger partial charge in [0.2, 0.25) is 15.9 Å². The zero-order valence-electron chi connectivity index (χ0n) is 17.3. The summed E-state index contributed by atoms with van der Waals surface area (Å²) in [6, 6.07) is 14.5. The number of ether oxygens (including phenoxy) is 1. The van der Waals surface area contributed by atoms with E-state index in [-0.39, 0.29) is 16.1 Å². The molecule has 30 heavy (non-hydrogen) atoms. The Balaban J connectivity index is 1.41. The van der Waals surface area contributed by atoms with E-state index in [1.54, 1.807) is 24.3 Å². The molecule has 2 aromatic rings. The highest BCUT2D eigenvalue weighted by molar-refractivity contribution is 8.00. The molecule has 1 fully saturated rings. The number of nitrogens with zero attached hydrogens (tertiary/aromatic N) is 1. The van der Waals surface area contributed by atoms with Crippen molar-refractivity contribution in [1.29, 1.82) is 0 Å². The lowest BCUT2D eigenvalue weighted by atomic mass is 10.2. The van der Waals surface area contributed by atoms with Crippen molar-refractivity contribution in [2.45, 2.75) is 41.7 Å². The Morgan fingerprint density at radius 3 is 2.37 bits per heavy atom. The normalized spacial score (nSPS) is 15.7. The molecule has 2 aromatic carbocycles. The molecular weight excluding hydrogens is 420 g/mol. The molecule has 0 aliphatic carbocycles. The number of sulfonamides is 1. The Morgan fingerprint density at radius 1 is 1.10 bits per heavy atom. The zero-order valence-corrected chi connectivity index (χ0v) is 19.0. The Labute approximate surface area is 183 Å². The minimum absolute atomic E-state index is 0.0452. The fourth-order valence-electron chi connectivity index (χ4n) is 3.15. The van der Waals surface area contributed by atoms with E-state index < -0.39 is 10.0 Å². The van der Waals surface area contributed by atoms with Crippen LogP contribution in [-0.4, -0.2) is 50.1 Å². The van der Waals surface area contributed by atoms with Crippen LogP contribution in [0.3, 0.4) is 0 Å². The van der Waals surface area contributed by atoms with Crippen molar-refractivity contribution in [2.75, 3.05) is 26.2 Å². The number of benzene rings is 2. The lowest BCUT2D eigenvalue weighted by Crippen LogP contribution is -2.33. The zero-order chi connectivity index (χ0) is 21.6. The van der Waals surface area contributed by atoms with Crippen LogP contribution in [0.1, 0.15) is 25.3 Å². The number of aryl methyl sites for hydroxylation is 1. The van der Waals surface area contributed by atoms with Gasteiger partial charge in [-0.3, -0.25) is 4.79 Å². The molecule has 0 aromatic heterocycles. The van der Waals surface area contributed by atoms with Crippen molar-refractivity contribution >= 4 is 27.7 Å². The van der Waals surface area contributed by atoms with E-state index in [9.17, 15) is 13.2 Å². The van der Waals surface area contributed by atoms with Crippen molar-refractivity contribution in [3.05, 3.63) is 54.1 Å². The number of hydrogen-bond acceptors (Lipinski definition) is 5. The van der Waals surface area contributed by atoms with Gasteiger partial charge in [0.1, 0.15) is 12.4 Å². The molecule has 6 nitrogen and oxygen atoms in total. The summed E-state index contributed by atoms with van der Waals surface area (Å²) in [5.74, 6) is 0.530. The van der Waals surface area contributed by atoms with Crippen LogP contribution < -0.4 is 10.1 Å². The lowest BCUT2D eigenvalue weighted by molar-refractivity contribution is -0.120. The molecule has 1 amide bonds. The van der Waals surface area contributed by atoms with Crippen LogP contribution in [0.15, 0.2) is 58.3 Å². The molecule has 1 heterocycles. The number of carbonyl (C=O) groups excluding carboxylic acids is 1. The highest BCUT2D eigenvalue weighted by atomic mass is 32.2. The van der Waals surface area contributed by atoms with E-state index in [0.717, 1.165) is 17.7 Å². The summed E-state index contributed by atoms with van der Waals surface area (Å²) in [5.41, 5.74) is 1.19. The second-order valence-corrected chi connectivity index (χ2v) is 10.6. The number of carbonyl (C=O) groups is 1. The van der Waals surface area contributed by atoms with E-state index in [2.05, 4.69) is 5.32 Å². The largest absolute Gasteiger partial charge is 0.492 e. The van der Waals surface area contributed by atoms with Gasteiger partial charge in [-0.25, -0.2) is 8.42 Å². The quantitative estimate of drug-likeness (QED) is 0.470. The van der Waals surface area contributed by atoms with E-state index in [4.69, 9.17) is 4.74 Å². The minimum atomic E-state index is -3.41. The molecule has 1 aliphatic heterocycles. The first-order valence-electron chi connectivity index (χ1n) is 10.1. The highest BCUT2D eigenvalue weighted by Crippen LogP contribution is 2.24. The van der Waals surface area contributed by atoms with Crippen LogP contribution in [0, 0.1) is 6.92 Å². The average Bonchev–Trinajstić information content (AvgIpc) is 3.29. The van der Waals surface area contributed by atoms with Gasteiger partial charge in [-0.15, -0.1) is 11.8 Å². The molecule has 1 atom stereocenters. The molecule has 8 heteroatoms. The predicted octanol–water partition coefficient (Wildman–Crippen LogP) is 3.46. The Kier molecular flexibility index (Phi) is 7.80. The molecule has 1 unspecified atom stereocenters. The maximum Gasteiger partial charge on any atom is 0.243 e. The summed E-state index contributed by atoms with van der Waals surface area (Å²) < 4.78 is 32.2. The molecule has 0 radical (unpaired) electrons. The molecule has 0 saturated carbocycles. The molecule has 1 saturated heterocycles. The molecule has 1 aliphatic rings. The molecule has 162 valence electrons. The van der Waals surface area contributed by atoms with Gasteiger partial charge in [0.05, 0.1) is 16.7 Å². The maximum atomic E-state index is 12.5. The summed E-state index contributed by atoms with van der Waals surface area (Å²) in [6.07, 6.45) is 1.82. The van der Waals surface area contributed by atoms with Crippen LogP contribution in [0.4, 0.5) is 0 Å². The second kappa shape index (κ2) is 10.3. The first kappa shape index (κ1) is 22.7. The van der Waals surface area contributed by atoms with Crippen LogP contribution in [0.2, 0.25) is 0 Å². The third-order valence-electron chi connectivity index (χ3n) is 4.90. The van der Waals surface area contributed by atoms with Crippen molar-refractivity contribution in [3.8, 4) is 5.75 Å². The fraction of sp³-hybridized carbons (Fsp3) is 0.409. The van der Waals surface area contributed by atoms with Crippen molar-refractivity contribution < 1.29 is 17.9 Å². The third-order valence-corrected chi connectivity index (χ3v) is 7.92. The SMILES string of the molecule is Cc1ccc(SC(C)C(=O)NCCOc2ccc(S(=O)(=O)N3CCCC3)cc2)cc1. The topological polar surface area (TPSA) is 75.7 Å². The first-order chi connectivity index (χ1) is 14.4. The van der Waals surface area contributed by atoms with E-state index in [1.165, 1.54) is 21.6 Å². The average molecular weight is 449 g/mol. The Hall–Kier alpha value is -2.03. The number of rotatable bonds is 9. The van der Waals surface area contributed by atoms with E-state index in [0.29, 0.717) is 32.0 Å². The van der Waals surface area contributed by atoms with Crippen LogP contribution >= 0.6 is 11.8 Å².